The summed E-state index contributed by atoms with van der Waals surface area (Å²) in [5.74, 6) is 0.323. The van der Waals surface area contributed by atoms with Crippen molar-refractivity contribution in [2.45, 2.75) is 38.3 Å². The lowest BCUT2D eigenvalue weighted by atomic mass is 10.1. The van der Waals surface area contributed by atoms with E-state index in [1.165, 1.54) is 57.6 Å². The van der Waals surface area contributed by atoms with Gasteiger partial charge in [-0.2, -0.15) is 0 Å². The molecule has 1 N–H and O–H groups in total. The summed E-state index contributed by atoms with van der Waals surface area (Å²) in [6.45, 7) is 5.42. The maximum absolute atomic E-state index is 14.3. The van der Waals surface area contributed by atoms with Crippen LogP contribution in [0.2, 0.25) is 0 Å². The summed E-state index contributed by atoms with van der Waals surface area (Å²) in [5.41, 5.74) is 0.851. The summed E-state index contributed by atoms with van der Waals surface area (Å²) in [6, 6.07) is 17.1. The first-order chi connectivity index (χ1) is 21.0. The normalized spacial score (nSPS) is 11.8. The van der Waals surface area contributed by atoms with Gasteiger partial charge in [0.25, 0.3) is 10.0 Å². The number of sulfonamides is 1. The Morgan fingerprint density at radius 3 is 2.02 bits per heavy atom. The van der Waals surface area contributed by atoms with Gasteiger partial charge in [-0.1, -0.05) is 44.2 Å². The van der Waals surface area contributed by atoms with E-state index in [9.17, 15) is 18.0 Å². The number of amides is 2. The first kappa shape index (κ1) is 34.0. The van der Waals surface area contributed by atoms with Gasteiger partial charge < -0.3 is 29.2 Å². The molecule has 11 nitrogen and oxygen atoms in total. The average Bonchev–Trinajstić information content (AvgIpc) is 3.04. The number of methoxy groups -OCH3 is 4. The van der Waals surface area contributed by atoms with Crippen LogP contribution in [0.5, 0.6) is 23.0 Å². The first-order valence-corrected chi connectivity index (χ1v) is 15.5. The van der Waals surface area contributed by atoms with E-state index in [0.717, 1.165) is 9.87 Å². The Hall–Kier alpha value is -4.45. The van der Waals surface area contributed by atoms with Crippen LogP contribution in [0, 0.1) is 5.92 Å². The molecule has 0 aliphatic heterocycles. The standard InChI is InChI=1S/C32H41N3O8S/c1-22(2)19-33-32(37)23(3)34(20-24-11-9-8-10-12-24)31(36)21-35(27-17-25(40-4)13-15-28(27)41-5)44(38,39)26-14-16-29(42-6)30(18-26)43-7/h8-18,22-23H,19-21H2,1-7H3,(H,33,37)/t23-/m0/s1. The largest absolute Gasteiger partial charge is 0.497 e. The molecule has 2 amide bonds. The third kappa shape index (κ3) is 8.13. The summed E-state index contributed by atoms with van der Waals surface area (Å²) in [5, 5.41) is 2.87. The number of anilines is 1. The van der Waals surface area contributed by atoms with Gasteiger partial charge in [-0.25, -0.2) is 8.42 Å². The Labute approximate surface area is 259 Å². The molecule has 3 aromatic carbocycles. The van der Waals surface area contributed by atoms with Crippen molar-refractivity contribution < 1.29 is 37.0 Å². The van der Waals surface area contributed by atoms with Crippen molar-refractivity contribution in [2.24, 2.45) is 5.92 Å². The molecule has 1 atom stereocenters. The number of carbonyl (C=O) groups is 2. The Balaban J connectivity index is 2.14. The fourth-order valence-electron chi connectivity index (χ4n) is 4.42. The number of benzene rings is 3. The topological polar surface area (TPSA) is 124 Å². The number of hydrogen-bond donors (Lipinski definition) is 1. The van der Waals surface area contributed by atoms with Crippen LogP contribution in [0.25, 0.3) is 0 Å². The molecule has 238 valence electrons. The average molecular weight is 628 g/mol. The molecule has 0 spiro atoms. The zero-order chi connectivity index (χ0) is 32.4. The molecule has 44 heavy (non-hydrogen) atoms. The number of ether oxygens (including phenoxy) is 4. The molecule has 0 aliphatic rings. The lowest BCUT2D eigenvalue weighted by molar-refractivity contribution is -0.139. The number of nitrogens with one attached hydrogen (secondary N) is 1. The van der Waals surface area contributed by atoms with Crippen molar-refractivity contribution in [3.63, 3.8) is 0 Å². The second-order valence-electron chi connectivity index (χ2n) is 10.4. The van der Waals surface area contributed by atoms with Crippen LogP contribution in [-0.4, -0.2) is 72.7 Å². The second-order valence-corrected chi connectivity index (χ2v) is 12.3. The fraction of sp³-hybridized carbons (Fsp3) is 0.375. The first-order valence-electron chi connectivity index (χ1n) is 14.0. The van der Waals surface area contributed by atoms with E-state index in [0.29, 0.717) is 18.0 Å². The number of hydrogen-bond acceptors (Lipinski definition) is 8. The van der Waals surface area contributed by atoms with Gasteiger partial charge in [0.1, 0.15) is 24.1 Å². The lowest BCUT2D eigenvalue weighted by Crippen LogP contribution is -2.51. The molecule has 0 heterocycles. The minimum absolute atomic E-state index is 0.0755. The van der Waals surface area contributed by atoms with E-state index in [2.05, 4.69) is 5.32 Å². The highest BCUT2D eigenvalue weighted by atomic mass is 32.2. The van der Waals surface area contributed by atoms with Crippen molar-refractivity contribution in [1.82, 2.24) is 10.2 Å². The Kier molecular flexibility index (Phi) is 11.9. The predicted molar refractivity (Wildman–Crippen MR) is 168 cm³/mol. The van der Waals surface area contributed by atoms with Crippen LogP contribution in [0.15, 0.2) is 71.6 Å². The predicted octanol–water partition coefficient (Wildman–Crippen LogP) is 4.11. The Morgan fingerprint density at radius 1 is 0.795 bits per heavy atom. The van der Waals surface area contributed by atoms with Crippen molar-refractivity contribution >= 4 is 27.5 Å². The van der Waals surface area contributed by atoms with Crippen molar-refractivity contribution in [2.75, 3.05) is 45.8 Å². The molecule has 0 saturated carbocycles. The monoisotopic (exact) mass is 627 g/mol. The highest BCUT2D eigenvalue weighted by Crippen LogP contribution is 2.37. The van der Waals surface area contributed by atoms with Crippen LogP contribution < -0.4 is 28.6 Å². The molecule has 0 bridgehead atoms. The van der Waals surface area contributed by atoms with E-state index in [1.54, 1.807) is 19.1 Å². The van der Waals surface area contributed by atoms with Crippen molar-refractivity contribution in [3.8, 4) is 23.0 Å². The molecule has 3 rings (SSSR count). The molecule has 0 fully saturated rings. The van der Waals surface area contributed by atoms with E-state index < -0.39 is 28.5 Å². The SMILES string of the molecule is COc1ccc(OC)c(N(CC(=O)N(Cc2ccccc2)[C@@H](C)C(=O)NCC(C)C)S(=O)(=O)c2ccc(OC)c(OC)c2)c1. The van der Waals surface area contributed by atoms with Crippen molar-refractivity contribution in [1.29, 1.82) is 0 Å². The van der Waals surface area contributed by atoms with Gasteiger partial charge in [0.2, 0.25) is 11.8 Å². The lowest BCUT2D eigenvalue weighted by Gasteiger charge is -2.32. The quantitative estimate of drug-likeness (QED) is 0.267. The minimum atomic E-state index is -4.42. The maximum atomic E-state index is 14.3. The van der Waals surface area contributed by atoms with E-state index in [4.69, 9.17) is 18.9 Å². The van der Waals surface area contributed by atoms with E-state index >= 15 is 0 Å². The highest BCUT2D eigenvalue weighted by molar-refractivity contribution is 7.92. The Bertz CT molecular complexity index is 1530. The molecule has 0 saturated heterocycles. The fourth-order valence-corrected chi connectivity index (χ4v) is 5.86. The molecule has 3 aromatic rings. The van der Waals surface area contributed by atoms with Gasteiger partial charge >= 0.3 is 0 Å². The highest BCUT2D eigenvalue weighted by Gasteiger charge is 2.34. The third-order valence-electron chi connectivity index (χ3n) is 6.92. The summed E-state index contributed by atoms with van der Waals surface area (Å²) in [6.07, 6.45) is 0. The molecular formula is C32H41N3O8S. The van der Waals surface area contributed by atoms with E-state index in [-0.39, 0.29) is 40.5 Å². The number of rotatable bonds is 15. The van der Waals surface area contributed by atoms with E-state index in [1.807, 2.05) is 44.2 Å². The van der Waals surface area contributed by atoms with Gasteiger partial charge in [0.15, 0.2) is 11.5 Å². The molecule has 12 heteroatoms. The van der Waals surface area contributed by atoms with Crippen LogP contribution in [0.3, 0.4) is 0 Å². The van der Waals surface area contributed by atoms with Crippen LogP contribution in [0.1, 0.15) is 26.3 Å². The summed E-state index contributed by atoms with van der Waals surface area (Å²) in [7, 11) is 1.26. The summed E-state index contributed by atoms with van der Waals surface area (Å²) in [4.78, 5) is 28.6. The summed E-state index contributed by atoms with van der Waals surface area (Å²) >= 11 is 0. The summed E-state index contributed by atoms with van der Waals surface area (Å²) < 4.78 is 51.2. The van der Waals surface area contributed by atoms with Crippen LogP contribution in [0.4, 0.5) is 5.69 Å². The Morgan fingerprint density at radius 2 is 1.43 bits per heavy atom. The van der Waals surface area contributed by atoms with Gasteiger partial charge in [-0.15, -0.1) is 0 Å². The zero-order valence-corrected chi connectivity index (χ0v) is 27.0. The van der Waals surface area contributed by atoms with Crippen molar-refractivity contribution in [3.05, 3.63) is 72.3 Å². The van der Waals surface area contributed by atoms with Gasteiger partial charge in [0.05, 0.1) is 39.0 Å². The molecule has 0 aliphatic carbocycles. The zero-order valence-electron chi connectivity index (χ0n) is 26.2. The van der Waals surface area contributed by atoms with Gasteiger partial charge in [-0.3, -0.25) is 13.9 Å². The molecule has 0 radical (unpaired) electrons. The van der Waals surface area contributed by atoms with Crippen LogP contribution in [-0.2, 0) is 26.2 Å². The van der Waals surface area contributed by atoms with Gasteiger partial charge in [-0.05, 0) is 42.7 Å². The maximum Gasteiger partial charge on any atom is 0.265 e. The molecule has 0 unspecified atom stereocenters. The van der Waals surface area contributed by atoms with Gasteiger partial charge in [0, 0.05) is 25.2 Å². The third-order valence-corrected chi connectivity index (χ3v) is 8.68. The smallest absolute Gasteiger partial charge is 0.265 e. The molecule has 0 aromatic heterocycles. The minimum Gasteiger partial charge on any atom is -0.497 e. The number of carbonyl (C=O) groups excluding carboxylic acids is 2. The number of nitrogens with zero attached hydrogens (tertiary/aromatic N) is 2. The van der Waals surface area contributed by atoms with Crippen LogP contribution >= 0.6 is 0 Å². The molecular weight excluding hydrogens is 586 g/mol. The second kappa shape index (κ2) is 15.3.